The summed E-state index contributed by atoms with van der Waals surface area (Å²) in [6, 6.07) is 2.13. The number of thiophene rings is 1. The van der Waals surface area contributed by atoms with Crippen LogP contribution in [0.5, 0.6) is 0 Å². The lowest BCUT2D eigenvalue weighted by atomic mass is 10.2. The predicted molar refractivity (Wildman–Crippen MR) is 81.1 cm³/mol. The number of halogens is 1. The fraction of sp³-hybridized carbons (Fsp3) is 0.462. The quantitative estimate of drug-likeness (QED) is 0.858. The van der Waals surface area contributed by atoms with Crippen molar-refractivity contribution in [2.45, 2.75) is 6.10 Å². The van der Waals surface area contributed by atoms with Crippen molar-refractivity contribution in [3.8, 4) is 0 Å². The Balaban J connectivity index is 1.91. The van der Waals surface area contributed by atoms with Gasteiger partial charge in [-0.15, -0.1) is 11.3 Å². The summed E-state index contributed by atoms with van der Waals surface area (Å²) in [6.07, 6.45) is 2.00. The van der Waals surface area contributed by atoms with E-state index in [-0.39, 0.29) is 6.10 Å². The number of hydrogen-bond donors (Lipinski definition) is 0. The van der Waals surface area contributed by atoms with Gasteiger partial charge in [-0.25, -0.2) is 4.98 Å². The fourth-order valence-corrected chi connectivity index (χ4v) is 3.84. The van der Waals surface area contributed by atoms with E-state index in [1.807, 2.05) is 6.20 Å². The first-order valence-corrected chi connectivity index (χ1v) is 7.84. The molecule has 102 valence electrons. The van der Waals surface area contributed by atoms with Gasteiger partial charge in [-0.1, -0.05) is 0 Å². The van der Waals surface area contributed by atoms with Crippen molar-refractivity contribution in [1.82, 2.24) is 4.98 Å². The van der Waals surface area contributed by atoms with E-state index in [9.17, 15) is 0 Å². The van der Waals surface area contributed by atoms with Crippen molar-refractivity contribution in [3.05, 3.63) is 22.1 Å². The first kappa shape index (κ1) is 13.3. The minimum absolute atomic E-state index is 0.124. The first-order valence-electron chi connectivity index (χ1n) is 6.17. The van der Waals surface area contributed by atoms with E-state index >= 15 is 0 Å². The summed E-state index contributed by atoms with van der Waals surface area (Å²) in [4.78, 5) is 6.88. The standard InChI is InChI=1S/C13H15BrN2O2S/c1-17-8-9-7-16(3-4-18-9)13-12-10(2-5-19-12)11(14)6-15-13/h2,5-6,9H,3-4,7-8H2,1H3. The summed E-state index contributed by atoms with van der Waals surface area (Å²) < 4.78 is 13.1. The number of aromatic nitrogens is 1. The second-order valence-electron chi connectivity index (χ2n) is 4.49. The molecule has 1 unspecified atom stereocenters. The molecular weight excluding hydrogens is 328 g/mol. The molecule has 2 aromatic heterocycles. The zero-order valence-electron chi connectivity index (χ0n) is 10.6. The number of anilines is 1. The Bertz CT molecular complexity index is 573. The Morgan fingerprint density at radius 3 is 3.37 bits per heavy atom. The lowest BCUT2D eigenvalue weighted by Gasteiger charge is -2.33. The van der Waals surface area contributed by atoms with Crippen molar-refractivity contribution < 1.29 is 9.47 Å². The summed E-state index contributed by atoms with van der Waals surface area (Å²) in [5.74, 6) is 1.05. The zero-order valence-corrected chi connectivity index (χ0v) is 13.0. The Labute approximate surface area is 124 Å². The van der Waals surface area contributed by atoms with Gasteiger partial charge < -0.3 is 14.4 Å². The SMILES string of the molecule is COCC1CN(c2ncc(Br)c3ccsc23)CCO1. The molecule has 0 amide bonds. The first-order chi connectivity index (χ1) is 9.29. The molecule has 0 radical (unpaired) electrons. The van der Waals surface area contributed by atoms with Gasteiger partial charge in [0.25, 0.3) is 0 Å². The molecule has 0 saturated carbocycles. The predicted octanol–water partition coefficient (Wildman–Crippen LogP) is 2.91. The summed E-state index contributed by atoms with van der Waals surface area (Å²) >= 11 is 5.28. The molecule has 2 aromatic rings. The van der Waals surface area contributed by atoms with Gasteiger partial charge in [0.1, 0.15) is 5.82 Å². The number of pyridine rings is 1. The molecule has 3 rings (SSSR count). The molecule has 0 N–H and O–H groups in total. The van der Waals surface area contributed by atoms with Crippen molar-refractivity contribution in [1.29, 1.82) is 0 Å². The lowest BCUT2D eigenvalue weighted by Crippen LogP contribution is -2.44. The zero-order chi connectivity index (χ0) is 13.2. The fourth-order valence-electron chi connectivity index (χ4n) is 2.34. The Kier molecular flexibility index (Phi) is 4.02. The van der Waals surface area contributed by atoms with E-state index in [0.29, 0.717) is 6.61 Å². The van der Waals surface area contributed by atoms with E-state index in [1.165, 1.54) is 10.1 Å². The number of rotatable bonds is 3. The molecule has 19 heavy (non-hydrogen) atoms. The van der Waals surface area contributed by atoms with Crippen LogP contribution in [0.4, 0.5) is 5.82 Å². The van der Waals surface area contributed by atoms with Gasteiger partial charge in [0.15, 0.2) is 0 Å². The maximum Gasteiger partial charge on any atom is 0.146 e. The normalized spacial score (nSPS) is 20.1. The van der Waals surface area contributed by atoms with Crippen molar-refractivity contribution in [2.75, 3.05) is 38.3 Å². The summed E-state index contributed by atoms with van der Waals surface area (Å²) in [5.41, 5.74) is 0. The molecule has 1 atom stereocenters. The molecule has 1 fully saturated rings. The van der Waals surface area contributed by atoms with Gasteiger partial charge in [-0.05, 0) is 27.4 Å². The van der Waals surface area contributed by atoms with Crippen LogP contribution in [0, 0.1) is 0 Å². The van der Waals surface area contributed by atoms with Gasteiger partial charge in [0.2, 0.25) is 0 Å². The highest BCUT2D eigenvalue weighted by Crippen LogP contribution is 2.34. The van der Waals surface area contributed by atoms with Crippen LogP contribution in [-0.4, -0.2) is 44.5 Å². The number of fused-ring (bicyclic) bond motifs is 1. The topological polar surface area (TPSA) is 34.6 Å². The van der Waals surface area contributed by atoms with Gasteiger partial charge >= 0.3 is 0 Å². The lowest BCUT2D eigenvalue weighted by molar-refractivity contribution is -0.0101. The minimum atomic E-state index is 0.124. The monoisotopic (exact) mass is 342 g/mol. The molecule has 6 heteroatoms. The van der Waals surface area contributed by atoms with E-state index in [4.69, 9.17) is 9.47 Å². The van der Waals surface area contributed by atoms with Gasteiger partial charge in [-0.2, -0.15) is 0 Å². The number of ether oxygens (including phenoxy) is 2. The van der Waals surface area contributed by atoms with Gasteiger partial charge in [-0.3, -0.25) is 0 Å². The van der Waals surface area contributed by atoms with Crippen LogP contribution in [-0.2, 0) is 9.47 Å². The molecule has 1 saturated heterocycles. The van der Waals surface area contributed by atoms with E-state index in [2.05, 4.69) is 37.3 Å². The van der Waals surface area contributed by atoms with Crippen molar-refractivity contribution >= 4 is 43.2 Å². The van der Waals surface area contributed by atoms with Crippen LogP contribution in [0.2, 0.25) is 0 Å². The average molecular weight is 343 g/mol. The molecule has 4 nitrogen and oxygen atoms in total. The Hall–Kier alpha value is -0.690. The largest absolute Gasteiger partial charge is 0.382 e. The summed E-state index contributed by atoms with van der Waals surface area (Å²) in [5, 5.41) is 3.33. The number of morpholine rings is 1. The molecule has 0 aliphatic carbocycles. The highest BCUT2D eigenvalue weighted by atomic mass is 79.9. The Morgan fingerprint density at radius 2 is 2.53 bits per heavy atom. The van der Waals surface area contributed by atoms with Crippen LogP contribution in [0.25, 0.3) is 10.1 Å². The summed E-state index contributed by atoms with van der Waals surface area (Å²) in [7, 11) is 1.71. The minimum Gasteiger partial charge on any atom is -0.382 e. The molecule has 0 bridgehead atoms. The molecule has 1 aliphatic rings. The molecule has 3 heterocycles. The van der Waals surface area contributed by atoms with E-state index in [0.717, 1.165) is 30.0 Å². The molecule has 0 aromatic carbocycles. The Morgan fingerprint density at radius 1 is 1.63 bits per heavy atom. The second-order valence-corrected chi connectivity index (χ2v) is 6.26. The van der Waals surface area contributed by atoms with Crippen molar-refractivity contribution in [2.24, 2.45) is 0 Å². The van der Waals surface area contributed by atoms with Crippen LogP contribution >= 0.6 is 27.3 Å². The molecular formula is C13H15BrN2O2S. The van der Waals surface area contributed by atoms with Gasteiger partial charge in [0.05, 0.1) is 24.0 Å². The van der Waals surface area contributed by atoms with Crippen LogP contribution < -0.4 is 4.90 Å². The summed E-state index contributed by atoms with van der Waals surface area (Å²) in [6.45, 7) is 3.05. The van der Waals surface area contributed by atoms with Crippen LogP contribution in [0.3, 0.4) is 0 Å². The molecule has 0 spiro atoms. The number of methoxy groups -OCH3 is 1. The third-order valence-corrected chi connectivity index (χ3v) is 4.76. The maximum absolute atomic E-state index is 5.69. The van der Waals surface area contributed by atoms with Crippen molar-refractivity contribution in [3.63, 3.8) is 0 Å². The average Bonchev–Trinajstić information content (AvgIpc) is 2.90. The highest BCUT2D eigenvalue weighted by molar-refractivity contribution is 9.10. The van der Waals surface area contributed by atoms with Gasteiger partial charge in [0, 0.05) is 36.3 Å². The molecule has 1 aliphatic heterocycles. The highest BCUT2D eigenvalue weighted by Gasteiger charge is 2.23. The number of hydrogen-bond acceptors (Lipinski definition) is 5. The van der Waals surface area contributed by atoms with Crippen LogP contribution in [0.15, 0.2) is 22.1 Å². The number of nitrogens with zero attached hydrogens (tertiary/aromatic N) is 2. The smallest absolute Gasteiger partial charge is 0.146 e. The second kappa shape index (κ2) is 5.75. The van der Waals surface area contributed by atoms with E-state index in [1.54, 1.807) is 18.4 Å². The van der Waals surface area contributed by atoms with Crippen LogP contribution in [0.1, 0.15) is 0 Å². The third kappa shape index (κ3) is 2.63. The van der Waals surface area contributed by atoms with E-state index < -0.39 is 0 Å². The third-order valence-electron chi connectivity index (χ3n) is 3.22. The maximum atomic E-state index is 5.69.